The predicted octanol–water partition coefficient (Wildman–Crippen LogP) is 3.04. The van der Waals surface area contributed by atoms with E-state index in [1.54, 1.807) is 6.07 Å². The number of hydrogen-bond acceptors (Lipinski definition) is 3. The molecule has 0 bridgehead atoms. The number of unbranched alkanes of at least 4 members (excludes halogenated alkanes) is 6. The van der Waals surface area contributed by atoms with Crippen LogP contribution in [0.3, 0.4) is 0 Å². The number of ether oxygens (including phenoxy) is 1. The van der Waals surface area contributed by atoms with Gasteiger partial charge < -0.3 is 15.1 Å². The molecule has 0 amide bonds. The van der Waals surface area contributed by atoms with Crippen molar-refractivity contribution in [2.75, 3.05) is 13.2 Å². The van der Waals surface area contributed by atoms with E-state index >= 15 is 0 Å². The van der Waals surface area contributed by atoms with E-state index in [2.05, 4.69) is 0 Å². The van der Waals surface area contributed by atoms with Crippen LogP contribution in [0.5, 0.6) is 5.75 Å². The molecule has 1 aromatic rings. The Morgan fingerprint density at radius 1 is 1.05 bits per heavy atom. The standard InChI is InChI=1S/C16H27NO3/c1-14-15(2)17(19)11-10-16(14)20-13-9-7-5-3-4-6-8-12-18/h10-11,18H,3-9,12-13H2,1-2H3. The van der Waals surface area contributed by atoms with Crippen molar-refractivity contribution >= 4 is 0 Å². The Hall–Kier alpha value is -1.29. The van der Waals surface area contributed by atoms with Gasteiger partial charge in [-0.05, 0) is 19.8 Å². The van der Waals surface area contributed by atoms with Crippen molar-refractivity contribution in [2.45, 2.75) is 58.8 Å². The molecule has 20 heavy (non-hydrogen) atoms. The lowest BCUT2D eigenvalue weighted by Crippen LogP contribution is -2.30. The second-order valence-corrected chi connectivity index (χ2v) is 5.26. The molecule has 0 aliphatic heterocycles. The second kappa shape index (κ2) is 9.59. The number of nitrogens with zero attached hydrogens (tertiary/aromatic N) is 1. The third-order valence-corrected chi connectivity index (χ3v) is 3.66. The summed E-state index contributed by atoms with van der Waals surface area (Å²) in [5.41, 5.74) is 1.62. The molecule has 0 saturated heterocycles. The first-order chi connectivity index (χ1) is 9.66. The summed E-state index contributed by atoms with van der Waals surface area (Å²) in [6, 6.07) is 1.74. The van der Waals surface area contributed by atoms with Gasteiger partial charge in [0.2, 0.25) is 0 Å². The maximum atomic E-state index is 11.4. The molecule has 0 aromatic carbocycles. The lowest BCUT2D eigenvalue weighted by molar-refractivity contribution is -0.612. The fourth-order valence-electron chi connectivity index (χ4n) is 2.15. The zero-order valence-corrected chi connectivity index (χ0v) is 12.7. The van der Waals surface area contributed by atoms with Crippen molar-refractivity contribution in [3.05, 3.63) is 28.7 Å². The zero-order chi connectivity index (χ0) is 14.8. The first-order valence-corrected chi connectivity index (χ1v) is 7.60. The van der Waals surface area contributed by atoms with E-state index in [0.29, 0.717) is 18.9 Å². The van der Waals surface area contributed by atoms with Crippen molar-refractivity contribution in [3.63, 3.8) is 0 Å². The maximum Gasteiger partial charge on any atom is 0.196 e. The van der Waals surface area contributed by atoms with Gasteiger partial charge in [-0.3, -0.25) is 0 Å². The van der Waals surface area contributed by atoms with Gasteiger partial charge in [-0.15, -0.1) is 0 Å². The summed E-state index contributed by atoms with van der Waals surface area (Å²) in [7, 11) is 0. The first-order valence-electron chi connectivity index (χ1n) is 7.60. The lowest BCUT2D eigenvalue weighted by atomic mass is 10.1. The second-order valence-electron chi connectivity index (χ2n) is 5.26. The molecule has 0 unspecified atom stereocenters. The average Bonchev–Trinajstić information content (AvgIpc) is 2.45. The van der Waals surface area contributed by atoms with Crippen LogP contribution in [0, 0.1) is 19.1 Å². The summed E-state index contributed by atoms with van der Waals surface area (Å²) in [6.45, 7) is 4.74. The van der Waals surface area contributed by atoms with Crippen molar-refractivity contribution in [1.29, 1.82) is 0 Å². The van der Waals surface area contributed by atoms with Crippen molar-refractivity contribution in [3.8, 4) is 5.75 Å². The van der Waals surface area contributed by atoms with Crippen molar-refractivity contribution in [1.82, 2.24) is 0 Å². The Morgan fingerprint density at radius 3 is 2.30 bits per heavy atom. The predicted molar refractivity (Wildman–Crippen MR) is 79.8 cm³/mol. The summed E-state index contributed by atoms with van der Waals surface area (Å²) in [5, 5.41) is 20.0. The van der Waals surface area contributed by atoms with E-state index in [4.69, 9.17) is 9.84 Å². The monoisotopic (exact) mass is 281 g/mol. The van der Waals surface area contributed by atoms with E-state index in [1.165, 1.54) is 31.9 Å². The topological polar surface area (TPSA) is 56.4 Å². The van der Waals surface area contributed by atoms with E-state index < -0.39 is 0 Å². The van der Waals surface area contributed by atoms with Gasteiger partial charge in [0.1, 0.15) is 5.75 Å². The van der Waals surface area contributed by atoms with Gasteiger partial charge in [-0.2, -0.15) is 4.73 Å². The van der Waals surface area contributed by atoms with Gasteiger partial charge in [0.25, 0.3) is 0 Å². The number of aromatic nitrogens is 1. The minimum atomic E-state index is 0.313. The Labute approximate surface area is 122 Å². The van der Waals surface area contributed by atoms with Crippen molar-refractivity contribution < 1.29 is 14.6 Å². The molecule has 0 saturated carbocycles. The van der Waals surface area contributed by atoms with Gasteiger partial charge in [0.05, 0.1) is 12.2 Å². The average molecular weight is 281 g/mol. The Bertz CT molecular complexity index is 394. The number of hydrogen-bond donors (Lipinski definition) is 1. The molecule has 4 heteroatoms. The van der Waals surface area contributed by atoms with Crippen LogP contribution in [-0.2, 0) is 0 Å². The van der Waals surface area contributed by atoms with Crippen LogP contribution in [0.4, 0.5) is 0 Å². The minimum absolute atomic E-state index is 0.313. The molecule has 0 radical (unpaired) electrons. The van der Waals surface area contributed by atoms with Crippen LogP contribution in [0.15, 0.2) is 12.3 Å². The Balaban J connectivity index is 2.11. The minimum Gasteiger partial charge on any atom is -0.618 e. The summed E-state index contributed by atoms with van der Waals surface area (Å²) in [6.07, 6.45) is 9.44. The summed E-state index contributed by atoms with van der Waals surface area (Å²) >= 11 is 0. The van der Waals surface area contributed by atoms with Crippen LogP contribution in [0.25, 0.3) is 0 Å². The molecule has 1 aromatic heterocycles. The molecule has 1 rings (SSSR count). The maximum absolute atomic E-state index is 11.4. The molecule has 0 spiro atoms. The zero-order valence-electron chi connectivity index (χ0n) is 12.7. The molecule has 1 heterocycles. The van der Waals surface area contributed by atoms with Crippen LogP contribution < -0.4 is 9.47 Å². The fraction of sp³-hybridized carbons (Fsp3) is 0.688. The molecule has 1 N–H and O–H groups in total. The third kappa shape index (κ3) is 5.78. The van der Waals surface area contributed by atoms with E-state index in [1.807, 2.05) is 13.8 Å². The molecule has 114 valence electrons. The van der Waals surface area contributed by atoms with Gasteiger partial charge in [-0.25, -0.2) is 0 Å². The highest BCUT2D eigenvalue weighted by molar-refractivity contribution is 5.31. The highest BCUT2D eigenvalue weighted by Gasteiger charge is 2.09. The van der Waals surface area contributed by atoms with Crippen LogP contribution in [0.2, 0.25) is 0 Å². The summed E-state index contributed by atoms with van der Waals surface area (Å²) in [4.78, 5) is 0. The molecular formula is C16H27NO3. The third-order valence-electron chi connectivity index (χ3n) is 3.66. The van der Waals surface area contributed by atoms with Crippen LogP contribution in [0.1, 0.15) is 56.2 Å². The highest BCUT2D eigenvalue weighted by atomic mass is 16.5. The number of rotatable bonds is 10. The van der Waals surface area contributed by atoms with Gasteiger partial charge in [0, 0.05) is 19.6 Å². The number of aliphatic hydroxyl groups is 1. The normalized spacial score (nSPS) is 10.8. The Kier molecular flexibility index (Phi) is 8.04. The molecular weight excluding hydrogens is 254 g/mol. The molecule has 0 fully saturated rings. The molecule has 0 atom stereocenters. The van der Waals surface area contributed by atoms with E-state index in [0.717, 1.165) is 35.3 Å². The van der Waals surface area contributed by atoms with Gasteiger partial charge in [0.15, 0.2) is 11.9 Å². The first kappa shape index (κ1) is 16.8. The molecule has 0 aliphatic carbocycles. The fourth-order valence-corrected chi connectivity index (χ4v) is 2.15. The van der Waals surface area contributed by atoms with Crippen molar-refractivity contribution in [2.24, 2.45) is 0 Å². The summed E-state index contributed by atoms with van der Waals surface area (Å²) < 4.78 is 6.60. The van der Waals surface area contributed by atoms with E-state index in [-0.39, 0.29) is 0 Å². The van der Waals surface area contributed by atoms with Crippen LogP contribution in [-0.4, -0.2) is 18.3 Å². The summed E-state index contributed by atoms with van der Waals surface area (Å²) in [5.74, 6) is 0.817. The van der Waals surface area contributed by atoms with Gasteiger partial charge >= 0.3 is 0 Å². The largest absolute Gasteiger partial charge is 0.618 e. The molecule has 0 aliphatic rings. The molecule has 4 nitrogen and oxygen atoms in total. The van der Waals surface area contributed by atoms with Gasteiger partial charge in [-0.1, -0.05) is 32.1 Å². The smallest absolute Gasteiger partial charge is 0.196 e. The number of aliphatic hydroxyl groups excluding tert-OH is 1. The lowest BCUT2D eigenvalue weighted by Gasteiger charge is -2.10. The quantitative estimate of drug-likeness (QED) is 0.407. The number of pyridine rings is 1. The highest BCUT2D eigenvalue weighted by Crippen LogP contribution is 2.18. The Morgan fingerprint density at radius 2 is 1.65 bits per heavy atom. The van der Waals surface area contributed by atoms with Crippen LogP contribution >= 0.6 is 0 Å². The van der Waals surface area contributed by atoms with E-state index in [9.17, 15) is 5.21 Å². The SMILES string of the molecule is Cc1c(OCCCCCCCCCO)cc[n+]([O-])c1C.